The molecule has 0 aliphatic carbocycles. The number of carbonyl (C=O) groups excluding carboxylic acids is 1. The molecule has 0 spiro atoms. The summed E-state index contributed by atoms with van der Waals surface area (Å²) in [6, 6.07) is -0.0166. The number of rotatable bonds is 6. The van der Waals surface area contributed by atoms with E-state index < -0.39 is 11.9 Å². The third-order valence-electron chi connectivity index (χ3n) is 3.19. The monoisotopic (exact) mass is 296 g/mol. The molecule has 1 saturated heterocycles. The Morgan fingerprint density at radius 2 is 2.29 bits per heavy atom. The Bertz CT molecular complexity index is 508. The molecule has 0 saturated carbocycles. The topological polar surface area (TPSA) is 109 Å². The average Bonchev–Trinajstić information content (AvgIpc) is 3.06. The van der Waals surface area contributed by atoms with Crippen LogP contribution in [0.3, 0.4) is 0 Å². The summed E-state index contributed by atoms with van der Waals surface area (Å²) >= 11 is 0. The normalized spacial score (nSPS) is 18.1. The highest BCUT2D eigenvalue weighted by Gasteiger charge is 2.27. The van der Waals surface area contributed by atoms with Crippen molar-refractivity contribution in [3.63, 3.8) is 0 Å². The minimum atomic E-state index is -1.06. The number of carbonyl (C=O) groups is 2. The third-order valence-corrected chi connectivity index (χ3v) is 3.19. The highest BCUT2D eigenvalue weighted by atomic mass is 16.5. The van der Waals surface area contributed by atoms with Crippen molar-refractivity contribution in [3.8, 4) is 0 Å². The molecule has 1 unspecified atom stereocenters. The van der Waals surface area contributed by atoms with Gasteiger partial charge in [0.05, 0.1) is 6.04 Å². The molecule has 2 N–H and O–H groups in total. The molecule has 0 aromatic carbocycles. The quantitative estimate of drug-likeness (QED) is 0.794. The van der Waals surface area contributed by atoms with Crippen LogP contribution in [0.1, 0.15) is 49.2 Å². The molecule has 116 valence electrons. The number of carboxylic acids is 1. The highest BCUT2D eigenvalue weighted by Crippen LogP contribution is 2.21. The van der Waals surface area contributed by atoms with Gasteiger partial charge in [-0.05, 0) is 25.3 Å². The Morgan fingerprint density at radius 3 is 2.86 bits per heavy atom. The van der Waals surface area contributed by atoms with Crippen LogP contribution in [0.25, 0.3) is 0 Å². The van der Waals surface area contributed by atoms with Crippen molar-refractivity contribution in [3.05, 3.63) is 11.7 Å². The van der Waals surface area contributed by atoms with Gasteiger partial charge < -0.3 is 19.8 Å². The maximum atomic E-state index is 12.3. The highest BCUT2D eigenvalue weighted by molar-refractivity contribution is 5.92. The van der Waals surface area contributed by atoms with Crippen LogP contribution < -0.4 is 5.32 Å². The van der Waals surface area contributed by atoms with Crippen molar-refractivity contribution in [2.75, 3.05) is 19.6 Å². The molecule has 21 heavy (non-hydrogen) atoms. The summed E-state index contributed by atoms with van der Waals surface area (Å²) in [5.74, 6) is -1.13. The SMILES string of the molecule is CC(C)CN(CC(=O)O)C(=O)c1noc(C2CCCN2)n1. The second-order valence-corrected chi connectivity index (χ2v) is 5.58. The van der Waals surface area contributed by atoms with Gasteiger partial charge in [-0.3, -0.25) is 9.59 Å². The number of aromatic nitrogens is 2. The minimum Gasteiger partial charge on any atom is -0.480 e. The van der Waals surface area contributed by atoms with Gasteiger partial charge in [0.2, 0.25) is 5.89 Å². The standard InChI is InChI=1S/C13H20N4O4/c1-8(2)6-17(7-10(18)19)13(20)11-15-12(21-16-11)9-4-3-5-14-9/h8-9,14H,3-7H2,1-2H3,(H,18,19). The molecule has 2 heterocycles. The number of nitrogens with zero attached hydrogens (tertiary/aromatic N) is 3. The van der Waals surface area contributed by atoms with E-state index in [-0.39, 0.29) is 24.3 Å². The lowest BCUT2D eigenvalue weighted by molar-refractivity contribution is -0.137. The summed E-state index contributed by atoms with van der Waals surface area (Å²) in [7, 11) is 0. The van der Waals surface area contributed by atoms with Gasteiger partial charge in [-0.2, -0.15) is 4.98 Å². The van der Waals surface area contributed by atoms with Crippen LogP contribution in [0, 0.1) is 5.92 Å². The molecule has 8 heteroatoms. The van der Waals surface area contributed by atoms with E-state index >= 15 is 0 Å². The Morgan fingerprint density at radius 1 is 1.52 bits per heavy atom. The Balaban J connectivity index is 2.10. The fraction of sp³-hybridized carbons (Fsp3) is 0.692. The molecule has 2 rings (SSSR count). The van der Waals surface area contributed by atoms with Crippen molar-refractivity contribution in [1.82, 2.24) is 20.4 Å². The van der Waals surface area contributed by atoms with E-state index in [1.807, 2.05) is 13.8 Å². The Kier molecular flexibility index (Phi) is 4.89. The van der Waals surface area contributed by atoms with Gasteiger partial charge in [-0.1, -0.05) is 19.0 Å². The van der Waals surface area contributed by atoms with Gasteiger partial charge in [0.15, 0.2) is 0 Å². The van der Waals surface area contributed by atoms with Crippen LogP contribution in [0.4, 0.5) is 0 Å². The van der Waals surface area contributed by atoms with E-state index in [0.717, 1.165) is 19.4 Å². The zero-order valence-corrected chi connectivity index (χ0v) is 12.2. The zero-order valence-electron chi connectivity index (χ0n) is 12.2. The molecule has 1 aromatic rings. The first-order chi connectivity index (χ1) is 9.97. The van der Waals surface area contributed by atoms with Gasteiger partial charge in [0.25, 0.3) is 11.7 Å². The van der Waals surface area contributed by atoms with E-state index in [2.05, 4.69) is 15.5 Å². The summed E-state index contributed by atoms with van der Waals surface area (Å²) < 4.78 is 5.11. The number of aliphatic carboxylic acids is 1. The molecular weight excluding hydrogens is 276 g/mol. The number of nitrogens with one attached hydrogen (secondary N) is 1. The second-order valence-electron chi connectivity index (χ2n) is 5.58. The van der Waals surface area contributed by atoms with Crippen molar-refractivity contribution in [2.24, 2.45) is 5.92 Å². The molecule has 1 atom stereocenters. The maximum Gasteiger partial charge on any atom is 0.323 e. The fourth-order valence-electron chi connectivity index (χ4n) is 2.32. The molecule has 1 aliphatic rings. The van der Waals surface area contributed by atoms with Crippen LogP contribution in [0.15, 0.2) is 4.52 Å². The van der Waals surface area contributed by atoms with Gasteiger partial charge in [0.1, 0.15) is 6.54 Å². The van der Waals surface area contributed by atoms with Gasteiger partial charge >= 0.3 is 5.97 Å². The molecule has 0 radical (unpaired) electrons. The van der Waals surface area contributed by atoms with Gasteiger partial charge in [0, 0.05) is 6.54 Å². The van der Waals surface area contributed by atoms with Crippen LogP contribution >= 0.6 is 0 Å². The lowest BCUT2D eigenvalue weighted by atomic mass is 10.2. The third kappa shape index (κ3) is 4.01. The average molecular weight is 296 g/mol. The molecule has 1 aliphatic heterocycles. The lowest BCUT2D eigenvalue weighted by Gasteiger charge is -2.20. The van der Waals surface area contributed by atoms with Crippen molar-refractivity contribution < 1.29 is 19.2 Å². The smallest absolute Gasteiger partial charge is 0.323 e. The first-order valence-corrected chi connectivity index (χ1v) is 7.05. The predicted molar refractivity (Wildman–Crippen MR) is 72.7 cm³/mol. The first-order valence-electron chi connectivity index (χ1n) is 7.05. The molecular formula is C13H20N4O4. The largest absolute Gasteiger partial charge is 0.480 e. The summed E-state index contributed by atoms with van der Waals surface area (Å²) in [5, 5.41) is 15.8. The van der Waals surface area contributed by atoms with Crippen LogP contribution in [-0.2, 0) is 4.79 Å². The zero-order chi connectivity index (χ0) is 15.4. The Labute approximate surface area is 122 Å². The van der Waals surface area contributed by atoms with Crippen molar-refractivity contribution in [1.29, 1.82) is 0 Å². The molecule has 8 nitrogen and oxygen atoms in total. The summed E-state index contributed by atoms with van der Waals surface area (Å²) in [4.78, 5) is 28.5. The van der Waals surface area contributed by atoms with E-state index in [4.69, 9.17) is 9.63 Å². The van der Waals surface area contributed by atoms with Crippen LogP contribution in [0.2, 0.25) is 0 Å². The summed E-state index contributed by atoms with van der Waals surface area (Å²) in [6.07, 6.45) is 1.91. The fourth-order valence-corrected chi connectivity index (χ4v) is 2.32. The predicted octanol–water partition coefficient (Wildman–Crippen LogP) is 0.677. The number of hydrogen-bond donors (Lipinski definition) is 2. The number of amides is 1. The lowest BCUT2D eigenvalue weighted by Crippen LogP contribution is -2.38. The molecule has 1 fully saturated rings. The van der Waals surface area contributed by atoms with E-state index in [9.17, 15) is 9.59 Å². The van der Waals surface area contributed by atoms with E-state index in [0.29, 0.717) is 12.4 Å². The van der Waals surface area contributed by atoms with E-state index in [1.165, 1.54) is 4.90 Å². The Hall–Kier alpha value is -1.96. The minimum absolute atomic E-state index is 0.0166. The first kappa shape index (κ1) is 15.4. The molecule has 1 aromatic heterocycles. The molecule has 0 bridgehead atoms. The van der Waals surface area contributed by atoms with Crippen LogP contribution in [0.5, 0.6) is 0 Å². The summed E-state index contributed by atoms with van der Waals surface area (Å²) in [5.41, 5.74) is 0. The van der Waals surface area contributed by atoms with Crippen molar-refractivity contribution >= 4 is 11.9 Å². The van der Waals surface area contributed by atoms with Crippen molar-refractivity contribution in [2.45, 2.75) is 32.7 Å². The maximum absolute atomic E-state index is 12.3. The number of carboxylic acid groups (broad SMARTS) is 1. The van der Waals surface area contributed by atoms with Gasteiger partial charge in [-0.15, -0.1) is 0 Å². The summed E-state index contributed by atoms with van der Waals surface area (Å²) in [6.45, 7) is 4.66. The van der Waals surface area contributed by atoms with Crippen LogP contribution in [-0.4, -0.2) is 51.7 Å². The van der Waals surface area contributed by atoms with E-state index in [1.54, 1.807) is 0 Å². The number of hydrogen-bond acceptors (Lipinski definition) is 6. The molecule has 1 amide bonds. The second kappa shape index (κ2) is 6.66. The van der Waals surface area contributed by atoms with Gasteiger partial charge in [-0.25, -0.2) is 0 Å².